The Labute approximate surface area is 83.9 Å². The summed E-state index contributed by atoms with van der Waals surface area (Å²) >= 11 is 0. The normalized spacial score (nSPS) is 12.4. The molecule has 1 rings (SSSR count). The van der Waals surface area contributed by atoms with Gasteiger partial charge in [0.2, 0.25) is 0 Å². The second-order valence-electron chi connectivity index (χ2n) is 3.28. The first-order valence-electron chi connectivity index (χ1n) is 4.78. The number of aromatic nitrogens is 1. The number of nitrogens with zero attached hydrogens (tertiary/aromatic N) is 2. The van der Waals surface area contributed by atoms with Gasteiger partial charge in [-0.15, -0.1) is 0 Å². The van der Waals surface area contributed by atoms with Crippen LogP contribution in [0.25, 0.3) is 0 Å². The predicted octanol–water partition coefficient (Wildman–Crippen LogP) is 1.76. The van der Waals surface area contributed by atoms with E-state index in [1.165, 1.54) is 0 Å². The smallest absolute Gasteiger partial charge is 0.150 e. The van der Waals surface area contributed by atoms with Crippen LogP contribution in [0.15, 0.2) is 10.6 Å². The molecule has 14 heavy (non-hydrogen) atoms. The Hall–Kier alpha value is -1.34. The van der Waals surface area contributed by atoms with E-state index in [9.17, 15) is 0 Å². The van der Waals surface area contributed by atoms with Crippen LogP contribution in [0.1, 0.15) is 31.2 Å². The van der Waals surface area contributed by atoms with Gasteiger partial charge in [-0.05, 0) is 13.3 Å². The molecule has 0 spiro atoms. The lowest BCUT2D eigenvalue weighted by molar-refractivity contribution is 0.358. The zero-order valence-corrected chi connectivity index (χ0v) is 8.58. The topological polar surface area (TPSA) is 61.9 Å². The summed E-state index contributed by atoms with van der Waals surface area (Å²) in [4.78, 5) is 0. The van der Waals surface area contributed by atoms with Crippen LogP contribution in [-0.4, -0.2) is 11.2 Å². The molecule has 4 heteroatoms. The van der Waals surface area contributed by atoms with E-state index in [-0.39, 0.29) is 6.04 Å². The van der Waals surface area contributed by atoms with E-state index >= 15 is 0 Å². The quantitative estimate of drug-likeness (QED) is 0.774. The van der Waals surface area contributed by atoms with E-state index in [1.54, 1.807) is 0 Å². The first-order chi connectivity index (χ1) is 6.76. The molecule has 0 radical (unpaired) electrons. The fourth-order valence-corrected chi connectivity index (χ4v) is 1.22. The molecule has 0 aliphatic rings. The molecular weight excluding hydrogens is 178 g/mol. The maximum Gasteiger partial charge on any atom is 0.150 e. The molecule has 0 aromatic carbocycles. The van der Waals surface area contributed by atoms with Crippen molar-refractivity contribution in [2.75, 3.05) is 0 Å². The minimum Gasteiger partial charge on any atom is -0.360 e. The predicted molar refractivity (Wildman–Crippen MR) is 52.4 cm³/mol. The second-order valence-corrected chi connectivity index (χ2v) is 3.28. The molecule has 0 bridgehead atoms. The molecule has 4 nitrogen and oxygen atoms in total. The SMILES string of the molecule is CCC(CC#N)NCc1cc(C)no1. The van der Waals surface area contributed by atoms with Crippen LogP contribution in [0.3, 0.4) is 0 Å². The number of nitriles is 1. The summed E-state index contributed by atoms with van der Waals surface area (Å²) in [5.41, 5.74) is 0.884. The average Bonchev–Trinajstić information content (AvgIpc) is 2.59. The first kappa shape index (κ1) is 10.7. The van der Waals surface area contributed by atoms with Crippen molar-refractivity contribution < 1.29 is 4.52 Å². The average molecular weight is 193 g/mol. The molecule has 0 fully saturated rings. The van der Waals surface area contributed by atoms with Crippen LogP contribution in [0.4, 0.5) is 0 Å². The van der Waals surface area contributed by atoms with Crippen molar-refractivity contribution in [2.24, 2.45) is 0 Å². The van der Waals surface area contributed by atoms with Crippen molar-refractivity contribution in [3.63, 3.8) is 0 Å². The number of rotatable bonds is 5. The fourth-order valence-electron chi connectivity index (χ4n) is 1.22. The van der Waals surface area contributed by atoms with Gasteiger partial charge < -0.3 is 9.84 Å². The molecular formula is C10H15N3O. The van der Waals surface area contributed by atoms with Crippen LogP contribution in [0.5, 0.6) is 0 Å². The minimum atomic E-state index is 0.241. The summed E-state index contributed by atoms with van der Waals surface area (Å²) in [5.74, 6) is 0.818. The molecule has 0 saturated carbocycles. The maximum absolute atomic E-state index is 8.54. The monoisotopic (exact) mass is 193 g/mol. The van der Waals surface area contributed by atoms with Crippen molar-refractivity contribution in [2.45, 2.75) is 39.3 Å². The summed E-state index contributed by atoms with van der Waals surface area (Å²) in [7, 11) is 0. The molecule has 1 aromatic heterocycles. The van der Waals surface area contributed by atoms with E-state index in [1.807, 2.05) is 13.0 Å². The summed E-state index contributed by atoms with van der Waals surface area (Å²) in [6.07, 6.45) is 1.48. The molecule has 1 unspecified atom stereocenters. The van der Waals surface area contributed by atoms with E-state index in [2.05, 4.69) is 23.5 Å². The molecule has 1 heterocycles. The highest BCUT2D eigenvalue weighted by Gasteiger charge is 2.06. The lowest BCUT2D eigenvalue weighted by Crippen LogP contribution is -2.27. The summed E-state index contributed by atoms with van der Waals surface area (Å²) < 4.78 is 5.04. The van der Waals surface area contributed by atoms with Gasteiger partial charge in [0.25, 0.3) is 0 Å². The Morgan fingerprint density at radius 3 is 3.00 bits per heavy atom. The highest BCUT2D eigenvalue weighted by molar-refractivity contribution is 5.02. The second kappa shape index (κ2) is 5.40. The maximum atomic E-state index is 8.54. The number of hydrogen-bond acceptors (Lipinski definition) is 4. The lowest BCUT2D eigenvalue weighted by atomic mass is 10.1. The summed E-state index contributed by atoms with van der Waals surface area (Å²) in [6, 6.07) is 4.29. The molecule has 0 amide bonds. The Balaban J connectivity index is 2.36. The van der Waals surface area contributed by atoms with Gasteiger partial charge in [0.15, 0.2) is 5.76 Å². The van der Waals surface area contributed by atoms with Crippen LogP contribution in [0.2, 0.25) is 0 Å². The van der Waals surface area contributed by atoms with Crippen molar-refractivity contribution in [1.29, 1.82) is 5.26 Å². The molecule has 1 atom stereocenters. The molecule has 1 aromatic rings. The van der Waals surface area contributed by atoms with Gasteiger partial charge in [-0.3, -0.25) is 0 Å². The zero-order valence-electron chi connectivity index (χ0n) is 8.58. The number of aryl methyl sites for hydroxylation is 1. The number of nitrogens with one attached hydrogen (secondary N) is 1. The molecule has 0 aliphatic carbocycles. The van der Waals surface area contributed by atoms with Gasteiger partial charge in [0.1, 0.15) is 0 Å². The van der Waals surface area contributed by atoms with Gasteiger partial charge >= 0.3 is 0 Å². The standard InChI is InChI=1S/C10H15N3O/c1-3-9(4-5-11)12-7-10-6-8(2)13-14-10/h6,9,12H,3-4,7H2,1-2H3. The van der Waals surface area contributed by atoms with Crippen LogP contribution in [-0.2, 0) is 6.54 Å². The van der Waals surface area contributed by atoms with E-state index in [0.29, 0.717) is 13.0 Å². The lowest BCUT2D eigenvalue weighted by Gasteiger charge is -2.11. The highest BCUT2D eigenvalue weighted by Crippen LogP contribution is 2.03. The largest absolute Gasteiger partial charge is 0.360 e. The van der Waals surface area contributed by atoms with E-state index in [0.717, 1.165) is 17.9 Å². The van der Waals surface area contributed by atoms with Gasteiger partial charge in [0.05, 0.1) is 24.7 Å². The third-order valence-corrected chi connectivity index (χ3v) is 2.07. The summed E-state index contributed by atoms with van der Waals surface area (Å²) in [6.45, 7) is 4.58. The highest BCUT2D eigenvalue weighted by atomic mass is 16.5. The van der Waals surface area contributed by atoms with E-state index < -0.39 is 0 Å². The molecule has 0 saturated heterocycles. The zero-order chi connectivity index (χ0) is 10.4. The third-order valence-electron chi connectivity index (χ3n) is 2.07. The Morgan fingerprint density at radius 1 is 1.71 bits per heavy atom. The summed E-state index contributed by atoms with van der Waals surface area (Å²) in [5, 5.41) is 15.6. The van der Waals surface area contributed by atoms with Crippen LogP contribution < -0.4 is 5.32 Å². The Kier molecular flexibility index (Phi) is 4.14. The van der Waals surface area contributed by atoms with E-state index in [4.69, 9.17) is 9.78 Å². The molecule has 1 N–H and O–H groups in total. The fraction of sp³-hybridized carbons (Fsp3) is 0.600. The Bertz CT molecular complexity index is 313. The van der Waals surface area contributed by atoms with Crippen LogP contribution in [0, 0.1) is 18.3 Å². The minimum absolute atomic E-state index is 0.241. The Morgan fingerprint density at radius 2 is 2.50 bits per heavy atom. The molecule has 0 aliphatic heterocycles. The van der Waals surface area contributed by atoms with Gasteiger partial charge in [0, 0.05) is 12.1 Å². The van der Waals surface area contributed by atoms with Crippen molar-refractivity contribution in [3.05, 3.63) is 17.5 Å². The van der Waals surface area contributed by atoms with Crippen molar-refractivity contribution in [1.82, 2.24) is 10.5 Å². The molecule has 76 valence electrons. The van der Waals surface area contributed by atoms with Crippen molar-refractivity contribution in [3.8, 4) is 6.07 Å². The third kappa shape index (κ3) is 3.19. The first-order valence-corrected chi connectivity index (χ1v) is 4.78. The number of hydrogen-bond donors (Lipinski definition) is 1. The van der Waals surface area contributed by atoms with Gasteiger partial charge in [-0.25, -0.2) is 0 Å². The van der Waals surface area contributed by atoms with Crippen molar-refractivity contribution >= 4 is 0 Å². The van der Waals surface area contributed by atoms with Crippen LogP contribution >= 0.6 is 0 Å². The van der Waals surface area contributed by atoms with Gasteiger partial charge in [-0.2, -0.15) is 5.26 Å². The van der Waals surface area contributed by atoms with Gasteiger partial charge in [-0.1, -0.05) is 12.1 Å².